The van der Waals surface area contributed by atoms with Crippen LogP contribution >= 0.6 is 0 Å². The summed E-state index contributed by atoms with van der Waals surface area (Å²) in [5, 5.41) is 14.5. The molecule has 4 rings (SSSR count). The largest absolute Gasteiger partial charge is 0.481 e. The van der Waals surface area contributed by atoms with Crippen LogP contribution in [0.15, 0.2) is 54.7 Å². The highest BCUT2D eigenvalue weighted by Crippen LogP contribution is 2.21. The number of amides is 1. The third kappa shape index (κ3) is 7.22. The summed E-state index contributed by atoms with van der Waals surface area (Å²) in [7, 11) is 0. The normalized spacial score (nSPS) is 15.5. The zero-order valence-electron chi connectivity index (χ0n) is 22.7. The molecule has 210 valence electrons. The van der Waals surface area contributed by atoms with Gasteiger partial charge in [0, 0.05) is 66.7 Å². The second-order valence-corrected chi connectivity index (χ2v) is 10.8. The Labute approximate surface area is 236 Å². The second kappa shape index (κ2) is 13.0. The monoisotopic (exact) mass is 563 g/mol. The van der Waals surface area contributed by atoms with Crippen molar-refractivity contribution in [1.29, 1.82) is 0 Å². The molecule has 1 aliphatic heterocycles. The Bertz CT molecular complexity index is 1460. The summed E-state index contributed by atoms with van der Waals surface area (Å²) in [5.74, 6) is 5.21. The first kappa shape index (κ1) is 29.2. The van der Waals surface area contributed by atoms with Crippen LogP contribution < -0.4 is 10.2 Å². The Morgan fingerprint density at radius 1 is 1.02 bits per heavy atom. The molecular formula is C29H33N5O5S. The van der Waals surface area contributed by atoms with Crippen LogP contribution in [0.5, 0.6) is 0 Å². The molecule has 10 nitrogen and oxygen atoms in total. The Hall–Kier alpha value is -3.82. The third-order valence-electron chi connectivity index (χ3n) is 6.53. The molecule has 2 aromatic carbocycles. The molecule has 1 aromatic heterocycles. The minimum absolute atomic E-state index is 0.0267. The first-order valence-corrected chi connectivity index (χ1v) is 14.1. The molecule has 40 heavy (non-hydrogen) atoms. The number of anilines is 1. The fourth-order valence-corrected chi connectivity index (χ4v) is 5.42. The molecule has 0 spiro atoms. The number of rotatable bonds is 8. The van der Waals surface area contributed by atoms with Gasteiger partial charge < -0.3 is 15.3 Å². The lowest BCUT2D eigenvalue weighted by atomic mass is 10.0. The van der Waals surface area contributed by atoms with Gasteiger partial charge in [0.05, 0.1) is 17.5 Å². The number of hydrogen-bond acceptors (Lipinski definition) is 6. The number of benzene rings is 2. The molecule has 1 amide bonds. The van der Waals surface area contributed by atoms with Crippen LogP contribution in [0.2, 0.25) is 0 Å². The number of aliphatic carboxylic acids is 1. The van der Waals surface area contributed by atoms with Crippen molar-refractivity contribution in [3.8, 4) is 11.8 Å². The maximum atomic E-state index is 12.6. The Morgan fingerprint density at radius 2 is 1.68 bits per heavy atom. The van der Waals surface area contributed by atoms with Gasteiger partial charge in [0.1, 0.15) is 0 Å². The van der Waals surface area contributed by atoms with Crippen molar-refractivity contribution in [2.75, 3.05) is 31.1 Å². The van der Waals surface area contributed by atoms with Gasteiger partial charge in [-0.15, -0.1) is 4.41 Å². The molecule has 2 unspecified atom stereocenters. The predicted octanol–water partition coefficient (Wildman–Crippen LogP) is 3.11. The number of aromatic nitrogens is 1. The molecule has 11 heteroatoms. The first-order valence-electron chi connectivity index (χ1n) is 13.1. The zero-order chi connectivity index (χ0) is 28.8. The van der Waals surface area contributed by atoms with E-state index in [0.29, 0.717) is 31.7 Å². The van der Waals surface area contributed by atoms with E-state index in [-0.39, 0.29) is 18.4 Å². The minimum Gasteiger partial charge on any atom is -0.481 e. The topological polar surface area (TPSA) is 126 Å². The van der Waals surface area contributed by atoms with E-state index < -0.39 is 23.3 Å². The average molecular weight is 564 g/mol. The lowest BCUT2D eigenvalue weighted by molar-refractivity contribution is -0.139. The summed E-state index contributed by atoms with van der Waals surface area (Å²) in [6.45, 7) is 7.70. The van der Waals surface area contributed by atoms with Crippen molar-refractivity contribution >= 4 is 39.7 Å². The Balaban J connectivity index is 1.43. The van der Waals surface area contributed by atoms with E-state index in [2.05, 4.69) is 27.0 Å². The van der Waals surface area contributed by atoms with Gasteiger partial charge in [0.15, 0.2) is 0 Å². The van der Waals surface area contributed by atoms with Crippen LogP contribution in [0.4, 0.5) is 5.69 Å². The zero-order valence-corrected chi connectivity index (χ0v) is 23.5. The van der Waals surface area contributed by atoms with Crippen molar-refractivity contribution < 1.29 is 23.5 Å². The third-order valence-corrected chi connectivity index (χ3v) is 7.44. The summed E-state index contributed by atoms with van der Waals surface area (Å²) in [6.07, 6.45) is 1.41. The van der Waals surface area contributed by atoms with Gasteiger partial charge in [0.2, 0.25) is 11.3 Å². The summed E-state index contributed by atoms with van der Waals surface area (Å²) in [4.78, 5) is 30.3. The average Bonchev–Trinajstić information content (AvgIpc) is 2.91. The van der Waals surface area contributed by atoms with E-state index in [4.69, 9.17) is 5.11 Å². The highest BCUT2D eigenvalue weighted by molar-refractivity contribution is 7.76. The number of fused-ring (bicyclic) bond motifs is 1. The molecule has 1 saturated heterocycles. The summed E-state index contributed by atoms with van der Waals surface area (Å²) in [6, 6.07) is 14.7. The molecule has 2 heterocycles. The molecule has 0 aliphatic carbocycles. The molecule has 3 N–H and O–H groups in total. The van der Waals surface area contributed by atoms with E-state index in [0.717, 1.165) is 27.7 Å². The second-order valence-electron chi connectivity index (χ2n) is 9.94. The van der Waals surface area contributed by atoms with Crippen molar-refractivity contribution in [2.24, 2.45) is 0 Å². The van der Waals surface area contributed by atoms with Gasteiger partial charge in [-0.1, -0.05) is 11.8 Å². The smallest absolute Gasteiger partial charge is 0.305 e. The van der Waals surface area contributed by atoms with E-state index in [1.807, 2.05) is 56.3 Å². The number of carbonyl (C=O) groups is 2. The van der Waals surface area contributed by atoms with Gasteiger partial charge in [-0.05, 0) is 69.3 Å². The number of nitrogens with zero attached hydrogens (tertiary/aromatic N) is 4. The maximum absolute atomic E-state index is 12.6. The van der Waals surface area contributed by atoms with Gasteiger partial charge >= 0.3 is 5.97 Å². The highest BCUT2D eigenvalue weighted by atomic mass is 32.2. The highest BCUT2D eigenvalue weighted by Gasteiger charge is 2.30. The van der Waals surface area contributed by atoms with E-state index in [9.17, 15) is 18.4 Å². The Kier molecular flexibility index (Phi) is 9.50. The molecule has 1 fully saturated rings. The minimum atomic E-state index is -2.30. The quantitative estimate of drug-likeness (QED) is 0.282. The standard InChI is InChI=1S/C29H33N5O5S/c1-20(2)31-29(37)25-12-13-30-27-11-8-23(19-26(25)27)5-4-22-6-9-24(10-7-22)32-14-16-33(17-15-32)34(40(38)39)21(3)18-28(35)36/h6-13,19-21H,14-18H2,1-3H3,(H,31,37)(H,35,36)(H,38,39). The maximum Gasteiger partial charge on any atom is 0.305 e. The number of hydrazine groups is 1. The lowest BCUT2D eigenvalue weighted by Crippen LogP contribution is -2.57. The molecule has 2 atom stereocenters. The van der Waals surface area contributed by atoms with E-state index in [1.165, 1.54) is 4.41 Å². The van der Waals surface area contributed by atoms with Gasteiger partial charge in [-0.2, -0.15) is 0 Å². The SMILES string of the molecule is CC(C)NC(=O)c1ccnc2ccc(C#Cc3ccc(N4CCN(N(C(C)CC(=O)O)S(=O)O)CC4)cc3)cc12. The summed E-state index contributed by atoms with van der Waals surface area (Å²) in [5.41, 5.74) is 3.93. The van der Waals surface area contributed by atoms with Crippen LogP contribution in [0.25, 0.3) is 10.9 Å². The van der Waals surface area contributed by atoms with Gasteiger partial charge in [-0.3, -0.25) is 19.1 Å². The number of carboxylic acid groups (broad SMARTS) is 1. The number of carbonyl (C=O) groups excluding carboxylic acids is 1. The molecule has 1 aliphatic rings. The lowest BCUT2D eigenvalue weighted by Gasteiger charge is -2.41. The van der Waals surface area contributed by atoms with Crippen molar-refractivity contribution in [3.63, 3.8) is 0 Å². The first-order chi connectivity index (χ1) is 19.1. The van der Waals surface area contributed by atoms with Gasteiger partial charge in [-0.25, -0.2) is 9.22 Å². The number of carboxylic acids is 1. The van der Waals surface area contributed by atoms with Gasteiger partial charge in [0.25, 0.3) is 5.91 Å². The van der Waals surface area contributed by atoms with E-state index in [1.54, 1.807) is 24.2 Å². The fourth-order valence-electron chi connectivity index (χ4n) is 4.68. The molecular weight excluding hydrogens is 530 g/mol. The fraction of sp³-hybridized carbons (Fsp3) is 0.345. The summed E-state index contributed by atoms with van der Waals surface area (Å²) < 4.78 is 22.9. The van der Waals surface area contributed by atoms with Crippen LogP contribution in [-0.2, 0) is 16.1 Å². The number of hydrogen-bond donors (Lipinski definition) is 3. The number of piperazine rings is 1. The molecule has 0 radical (unpaired) electrons. The van der Waals surface area contributed by atoms with Crippen molar-refractivity contribution in [2.45, 2.75) is 39.3 Å². The molecule has 3 aromatic rings. The summed E-state index contributed by atoms with van der Waals surface area (Å²) >= 11 is -2.30. The predicted molar refractivity (Wildman–Crippen MR) is 155 cm³/mol. The molecule has 0 bridgehead atoms. The van der Waals surface area contributed by atoms with Crippen molar-refractivity contribution in [1.82, 2.24) is 19.7 Å². The van der Waals surface area contributed by atoms with E-state index >= 15 is 0 Å². The molecule has 0 saturated carbocycles. The van der Waals surface area contributed by atoms with Crippen LogP contribution in [0.1, 0.15) is 48.7 Å². The number of pyridine rings is 1. The van der Waals surface area contributed by atoms with Crippen molar-refractivity contribution in [3.05, 3.63) is 71.4 Å². The Morgan fingerprint density at radius 3 is 2.30 bits per heavy atom. The van der Waals surface area contributed by atoms with Crippen LogP contribution in [0.3, 0.4) is 0 Å². The number of nitrogens with one attached hydrogen (secondary N) is 1. The van der Waals surface area contributed by atoms with Crippen LogP contribution in [-0.4, -0.2) is 78.4 Å². The van der Waals surface area contributed by atoms with Crippen LogP contribution in [0, 0.1) is 11.8 Å².